The summed E-state index contributed by atoms with van der Waals surface area (Å²) in [7, 11) is -3.24. The van der Waals surface area contributed by atoms with Crippen molar-refractivity contribution in [3.63, 3.8) is 0 Å². The predicted octanol–water partition coefficient (Wildman–Crippen LogP) is 3.12. The molecule has 2 aromatic heterocycles. The second-order valence-electron chi connectivity index (χ2n) is 8.28. The fraction of sp³-hybridized carbons (Fsp3) is 0.476. The Kier molecular flexibility index (Phi) is 4.94. The summed E-state index contributed by atoms with van der Waals surface area (Å²) >= 11 is 0. The van der Waals surface area contributed by atoms with E-state index >= 15 is 0 Å². The topological polar surface area (TPSA) is 99.0 Å². The third-order valence-electron chi connectivity index (χ3n) is 6.30. The number of nitrogens with one attached hydrogen (secondary N) is 1. The second-order valence-corrected chi connectivity index (χ2v) is 10.3. The highest BCUT2D eigenvalue weighted by molar-refractivity contribution is 7.90. The minimum absolute atomic E-state index is 0.252. The Hall–Kier alpha value is -2.52. The highest BCUT2D eigenvalue weighted by atomic mass is 32.2. The van der Waals surface area contributed by atoms with E-state index in [4.69, 9.17) is 4.74 Å². The largest absolute Gasteiger partial charge is 0.438 e. The Morgan fingerprint density at radius 1 is 1.13 bits per heavy atom. The van der Waals surface area contributed by atoms with E-state index in [1.165, 1.54) is 44.0 Å². The normalized spacial score (nSPS) is 22.7. The minimum Gasteiger partial charge on any atom is -0.438 e. The van der Waals surface area contributed by atoms with Crippen molar-refractivity contribution < 1.29 is 13.2 Å². The fourth-order valence-electron chi connectivity index (χ4n) is 4.41. The smallest absolute Gasteiger partial charge is 0.233 e. The van der Waals surface area contributed by atoms with Crippen LogP contribution in [-0.2, 0) is 9.84 Å². The van der Waals surface area contributed by atoms with E-state index in [0.29, 0.717) is 23.7 Å². The molecule has 0 bridgehead atoms. The van der Waals surface area contributed by atoms with E-state index in [-0.39, 0.29) is 4.90 Å². The number of piperidine rings is 1. The van der Waals surface area contributed by atoms with E-state index in [0.717, 1.165) is 36.3 Å². The molecule has 3 aromatic rings. The molecule has 2 aliphatic rings. The van der Waals surface area contributed by atoms with Gasteiger partial charge in [-0.15, -0.1) is 0 Å². The Labute approximate surface area is 175 Å². The van der Waals surface area contributed by atoms with Crippen molar-refractivity contribution in [2.24, 2.45) is 5.92 Å². The third kappa shape index (κ3) is 3.67. The Bertz CT molecular complexity index is 1160. The lowest BCUT2D eigenvalue weighted by atomic mass is 9.76. The minimum atomic E-state index is -3.24. The van der Waals surface area contributed by atoms with Gasteiger partial charge in [-0.05, 0) is 62.4 Å². The van der Waals surface area contributed by atoms with Crippen LogP contribution >= 0.6 is 0 Å². The van der Waals surface area contributed by atoms with Gasteiger partial charge in [-0.25, -0.2) is 23.1 Å². The quantitative estimate of drug-likeness (QED) is 0.668. The Balaban J connectivity index is 1.39. The van der Waals surface area contributed by atoms with Crippen molar-refractivity contribution >= 4 is 20.9 Å². The number of rotatable bonds is 5. The standard InChI is InChI=1S/C21H25N5O3S/c1-30(27,28)17-7-5-16(6-8-17)29-21-18-12-25-26(20(18)23-13-24-21)15-9-10-22-19(11-15)14-3-2-4-14/h5-8,12-15,19,22H,2-4,9-11H2,1H3. The zero-order valence-corrected chi connectivity index (χ0v) is 17.7. The van der Waals surface area contributed by atoms with Crippen molar-refractivity contribution in [1.82, 2.24) is 25.1 Å². The van der Waals surface area contributed by atoms with Gasteiger partial charge < -0.3 is 10.1 Å². The number of ether oxygens (including phenoxy) is 1. The van der Waals surface area contributed by atoms with Gasteiger partial charge in [-0.1, -0.05) is 6.42 Å². The first-order valence-corrected chi connectivity index (χ1v) is 12.3. The van der Waals surface area contributed by atoms with Gasteiger partial charge in [0.2, 0.25) is 5.88 Å². The zero-order valence-electron chi connectivity index (χ0n) is 16.9. The average molecular weight is 428 g/mol. The summed E-state index contributed by atoms with van der Waals surface area (Å²) in [5, 5.41) is 9.06. The van der Waals surface area contributed by atoms with Crippen LogP contribution in [-0.4, -0.2) is 47.0 Å². The molecule has 158 valence electrons. The van der Waals surface area contributed by atoms with Crippen LogP contribution in [0, 0.1) is 5.92 Å². The van der Waals surface area contributed by atoms with Gasteiger partial charge in [-0.2, -0.15) is 5.10 Å². The lowest BCUT2D eigenvalue weighted by Crippen LogP contribution is -2.45. The van der Waals surface area contributed by atoms with Gasteiger partial charge in [0, 0.05) is 12.3 Å². The molecule has 0 radical (unpaired) electrons. The summed E-state index contributed by atoms with van der Waals surface area (Å²) < 4.78 is 31.2. The summed E-state index contributed by atoms with van der Waals surface area (Å²) in [5.41, 5.74) is 0.770. The molecule has 2 fully saturated rings. The Morgan fingerprint density at radius 2 is 1.93 bits per heavy atom. The fourth-order valence-corrected chi connectivity index (χ4v) is 5.04. The number of hydrogen-bond acceptors (Lipinski definition) is 7. The molecule has 2 atom stereocenters. The molecule has 9 heteroatoms. The highest BCUT2D eigenvalue weighted by Gasteiger charge is 2.33. The molecule has 0 amide bonds. The van der Waals surface area contributed by atoms with Gasteiger partial charge in [-0.3, -0.25) is 0 Å². The predicted molar refractivity (Wildman–Crippen MR) is 112 cm³/mol. The number of aromatic nitrogens is 4. The zero-order chi connectivity index (χ0) is 20.7. The number of benzene rings is 1. The maximum atomic E-state index is 11.6. The molecule has 0 spiro atoms. The summed E-state index contributed by atoms with van der Waals surface area (Å²) in [4.78, 5) is 9.01. The lowest BCUT2D eigenvalue weighted by molar-refractivity contribution is 0.168. The van der Waals surface area contributed by atoms with E-state index in [1.54, 1.807) is 18.3 Å². The van der Waals surface area contributed by atoms with Crippen LogP contribution in [0.2, 0.25) is 0 Å². The maximum absolute atomic E-state index is 11.6. The van der Waals surface area contributed by atoms with E-state index in [9.17, 15) is 8.42 Å². The summed E-state index contributed by atoms with van der Waals surface area (Å²) in [6.07, 6.45) is 10.5. The molecule has 30 heavy (non-hydrogen) atoms. The number of sulfone groups is 1. The molecule has 1 aromatic carbocycles. The van der Waals surface area contributed by atoms with Crippen molar-refractivity contribution in [3.8, 4) is 11.6 Å². The Morgan fingerprint density at radius 3 is 2.63 bits per heavy atom. The molecule has 1 aliphatic carbocycles. The molecule has 2 unspecified atom stereocenters. The van der Waals surface area contributed by atoms with Crippen LogP contribution in [0.5, 0.6) is 11.6 Å². The van der Waals surface area contributed by atoms with Gasteiger partial charge in [0.25, 0.3) is 0 Å². The molecule has 8 nitrogen and oxygen atoms in total. The molecule has 3 heterocycles. The van der Waals surface area contributed by atoms with Crippen LogP contribution in [0.25, 0.3) is 11.0 Å². The molecule has 1 saturated heterocycles. The first-order chi connectivity index (χ1) is 14.5. The molecular formula is C21H25N5O3S. The van der Waals surface area contributed by atoms with Gasteiger partial charge in [0.15, 0.2) is 15.5 Å². The van der Waals surface area contributed by atoms with Crippen molar-refractivity contribution in [3.05, 3.63) is 36.8 Å². The summed E-state index contributed by atoms with van der Waals surface area (Å²) in [6, 6.07) is 7.19. The summed E-state index contributed by atoms with van der Waals surface area (Å²) in [6.45, 7) is 0.994. The van der Waals surface area contributed by atoms with Crippen molar-refractivity contribution in [2.75, 3.05) is 12.8 Å². The molecule has 5 rings (SSSR count). The van der Waals surface area contributed by atoms with Gasteiger partial charge in [0.05, 0.1) is 17.1 Å². The van der Waals surface area contributed by atoms with Crippen LogP contribution < -0.4 is 10.1 Å². The molecule has 1 aliphatic heterocycles. The van der Waals surface area contributed by atoms with E-state index in [1.807, 2.05) is 4.68 Å². The number of fused-ring (bicyclic) bond motifs is 1. The number of hydrogen-bond donors (Lipinski definition) is 1. The number of nitrogens with zero attached hydrogens (tertiary/aromatic N) is 4. The van der Waals surface area contributed by atoms with Crippen LogP contribution in [0.4, 0.5) is 0 Å². The first kappa shape index (κ1) is 19.4. The van der Waals surface area contributed by atoms with Crippen LogP contribution in [0.1, 0.15) is 38.1 Å². The van der Waals surface area contributed by atoms with E-state index in [2.05, 4.69) is 20.4 Å². The molecule has 1 N–H and O–H groups in total. The van der Waals surface area contributed by atoms with Crippen molar-refractivity contribution in [1.29, 1.82) is 0 Å². The molecular weight excluding hydrogens is 402 g/mol. The van der Waals surface area contributed by atoms with Crippen LogP contribution in [0.3, 0.4) is 0 Å². The third-order valence-corrected chi connectivity index (χ3v) is 7.42. The van der Waals surface area contributed by atoms with Gasteiger partial charge >= 0.3 is 0 Å². The van der Waals surface area contributed by atoms with Crippen molar-refractivity contribution in [2.45, 2.75) is 49.1 Å². The van der Waals surface area contributed by atoms with Crippen LogP contribution in [0.15, 0.2) is 41.7 Å². The van der Waals surface area contributed by atoms with Gasteiger partial charge in [0.1, 0.15) is 17.5 Å². The van der Waals surface area contributed by atoms with E-state index < -0.39 is 9.84 Å². The SMILES string of the molecule is CS(=O)(=O)c1ccc(Oc2ncnc3c2cnn3C2CCNC(C3CCC3)C2)cc1. The first-order valence-electron chi connectivity index (χ1n) is 10.4. The molecule has 1 saturated carbocycles. The highest BCUT2D eigenvalue weighted by Crippen LogP contribution is 2.37. The average Bonchev–Trinajstić information content (AvgIpc) is 3.12. The maximum Gasteiger partial charge on any atom is 0.233 e. The second kappa shape index (κ2) is 7.63. The lowest BCUT2D eigenvalue weighted by Gasteiger charge is -2.39. The summed E-state index contributed by atoms with van der Waals surface area (Å²) in [5.74, 6) is 1.72. The monoisotopic (exact) mass is 427 g/mol.